The van der Waals surface area contributed by atoms with Crippen LogP contribution in [0.1, 0.15) is 34.6 Å². The summed E-state index contributed by atoms with van der Waals surface area (Å²) in [6.45, 7) is 2.59. The van der Waals surface area contributed by atoms with E-state index in [1.165, 1.54) is 5.56 Å². The van der Waals surface area contributed by atoms with E-state index in [1.54, 1.807) is 6.07 Å². The van der Waals surface area contributed by atoms with Crippen LogP contribution in [-0.4, -0.2) is 17.6 Å². The number of phenols is 1. The number of amides is 1. The van der Waals surface area contributed by atoms with Crippen molar-refractivity contribution in [3.05, 3.63) is 101 Å². The van der Waals surface area contributed by atoms with Gasteiger partial charge in [-0.25, -0.2) is 0 Å². The molecule has 138 valence electrons. The molecule has 0 aliphatic carbocycles. The number of aryl methyl sites for hydroxylation is 1. The van der Waals surface area contributed by atoms with Crippen LogP contribution in [0.4, 0.5) is 0 Å². The maximum Gasteiger partial charge on any atom is 0.220 e. The van der Waals surface area contributed by atoms with E-state index < -0.39 is 0 Å². The zero-order valence-corrected chi connectivity index (χ0v) is 15.6. The molecule has 0 unspecified atom stereocenters. The predicted molar refractivity (Wildman–Crippen MR) is 109 cm³/mol. The smallest absolute Gasteiger partial charge is 0.220 e. The van der Waals surface area contributed by atoms with E-state index in [2.05, 4.69) is 17.4 Å². The third-order valence-electron chi connectivity index (χ3n) is 4.73. The minimum atomic E-state index is -0.178. The van der Waals surface area contributed by atoms with Crippen LogP contribution in [0.15, 0.2) is 78.9 Å². The number of phenolic OH excluding ortho intramolecular Hbond substituents is 1. The lowest BCUT2D eigenvalue weighted by Gasteiger charge is -2.19. The maximum atomic E-state index is 12.6. The summed E-state index contributed by atoms with van der Waals surface area (Å²) in [6, 6.07) is 25.5. The molecule has 0 heterocycles. The molecular formula is C24H25NO2. The summed E-state index contributed by atoms with van der Waals surface area (Å²) in [4.78, 5) is 12.6. The van der Waals surface area contributed by atoms with Crippen LogP contribution in [-0.2, 0) is 11.2 Å². The molecule has 1 amide bonds. The Balaban J connectivity index is 1.72. The number of hydrogen-bond acceptors (Lipinski definition) is 2. The number of nitrogens with one attached hydrogen (secondary N) is 1. The van der Waals surface area contributed by atoms with E-state index in [1.807, 2.05) is 67.6 Å². The molecule has 27 heavy (non-hydrogen) atoms. The van der Waals surface area contributed by atoms with Gasteiger partial charge >= 0.3 is 0 Å². The molecule has 3 rings (SSSR count). The number of aromatic hydroxyl groups is 1. The van der Waals surface area contributed by atoms with Crippen molar-refractivity contribution >= 4 is 5.91 Å². The first-order valence-corrected chi connectivity index (χ1v) is 9.28. The SMILES string of the molecule is Cc1ccc(O)c([C@H](CC(=O)NCCc2ccccc2)c2ccccc2)c1. The average molecular weight is 359 g/mol. The minimum Gasteiger partial charge on any atom is -0.508 e. The average Bonchev–Trinajstić information content (AvgIpc) is 2.70. The van der Waals surface area contributed by atoms with Gasteiger partial charge in [0, 0.05) is 24.4 Å². The fraction of sp³-hybridized carbons (Fsp3) is 0.208. The van der Waals surface area contributed by atoms with E-state index in [4.69, 9.17) is 0 Å². The molecule has 0 bridgehead atoms. The van der Waals surface area contributed by atoms with Crippen molar-refractivity contribution in [1.29, 1.82) is 0 Å². The Kier molecular flexibility index (Phi) is 6.26. The standard InChI is InChI=1S/C24H25NO2/c1-18-12-13-23(26)22(16-18)21(20-10-6-3-7-11-20)17-24(27)25-15-14-19-8-4-2-5-9-19/h2-13,16,21,26H,14-15,17H2,1H3,(H,25,27)/t21-/m1/s1. The van der Waals surface area contributed by atoms with Gasteiger partial charge in [-0.05, 0) is 30.5 Å². The van der Waals surface area contributed by atoms with E-state index in [9.17, 15) is 9.90 Å². The molecule has 3 nitrogen and oxygen atoms in total. The number of rotatable bonds is 7. The second-order valence-electron chi connectivity index (χ2n) is 6.82. The second-order valence-corrected chi connectivity index (χ2v) is 6.82. The fourth-order valence-electron chi connectivity index (χ4n) is 3.29. The van der Waals surface area contributed by atoms with Crippen LogP contribution in [0.25, 0.3) is 0 Å². The van der Waals surface area contributed by atoms with Crippen molar-refractivity contribution in [2.75, 3.05) is 6.54 Å². The molecule has 0 spiro atoms. The molecule has 0 saturated heterocycles. The van der Waals surface area contributed by atoms with Gasteiger partial charge in [-0.15, -0.1) is 0 Å². The third-order valence-corrected chi connectivity index (χ3v) is 4.73. The second kappa shape index (κ2) is 9.04. The zero-order chi connectivity index (χ0) is 19.1. The summed E-state index contributed by atoms with van der Waals surface area (Å²) in [5.74, 6) is 0.0371. The third kappa shape index (κ3) is 5.20. The summed E-state index contributed by atoms with van der Waals surface area (Å²) in [5, 5.41) is 13.4. The number of hydrogen-bond donors (Lipinski definition) is 2. The Morgan fingerprint density at radius 3 is 2.33 bits per heavy atom. The van der Waals surface area contributed by atoms with Crippen molar-refractivity contribution in [2.45, 2.75) is 25.7 Å². The Hall–Kier alpha value is -3.07. The molecular weight excluding hydrogens is 334 g/mol. The van der Waals surface area contributed by atoms with Crippen molar-refractivity contribution in [3.8, 4) is 5.75 Å². The van der Waals surface area contributed by atoms with Crippen LogP contribution >= 0.6 is 0 Å². The van der Waals surface area contributed by atoms with E-state index in [0.717, 1.165) is 23.1 Å². The molecule has 3 aromatic carbocycles. The van der Waals surface area contributed by atoms with Crippen molar-refractivity contribution in [1.82, 2.24) is 5.32 Å². The van der Waals surface area contributed by atoms with Gasteiger partial charge in [-0.3, -0.25) is 4.79 Å². The van der Waals surface area contributed by atoms with Gasteiger partial charge in [0.25, 0.3) is 0 Å². The van der Waals surface area contributed by atoms with Crippen molar-refractivity contribution in [3.63, 3.8) is 0 Å². The lowest BCUT2D eigenvalue weighted by atomic mass is 9.87. The first-order valence-electron chi connectivity index (χ1n) is 9.28. The first kappa shape index (κ1) is 18.7. The zero-order valence-electron chi connectivity index (χ0n) is 15.6. The molecule has 2 N–H and O–H groups in total. The van der Waals surface area contributed by atoms with E-state index >= 15 is 0 Å². The Morgan fingerprint density at radius 1 is 0.963 bits per heavy atom. The number of benzene rings is 3. The maximum absolute atomic E-state index is 12.6. The minimum absolute atomic E-state index is 0.0132. The highest BCUT2D eigenvalue weighted by molar-refractivity contribution is 5.77. The lowest BCUT2D eigenvalue weighted by Crippen LogP contribution is -2.27. The molecule has 0 radical (unpaired) electrons. The number of carbonyl (C=O) groups is 1. The van der Waals surface area contributed by atoms with E-state index in [0.29, 0.717) is 13.0 Å². The predicted octanol–water partition coefficient (Wildman–Crippen LogP) is 4.58. The van der Waals surface area contributed by atoms with Gasteiger partial charge < -0.3 is 10.4 Å². The van der Waals surface area contributed by atoms with Crippen LogP contribution in [0, 0.1) is 6.92 Å². The first-order chi connectivity index (χ1) is 13.1. The Labute approximate surface area is 160 Å². The van der Waals surface area contributed by atoms with Crippen LogP contribution in [0.5, 0.6) is 5.75 Å². The fourth-order valence-corrected chi connectivity index (χ4v) is 3.29. The summed E-state index contributed by atoms with van der Waals surface area (Å²) >= 11 is 0. The quantitative estimate of drug-likeness (QED) is 0.649. The molecule has 0 aliphatic heterocycles. The van der Waals surface area contributed by atoms with E-state index in [-0.39, 0.29) is 17.6 Å². The van der Waals surface area contributed by atoms with Gasteiger partial charge in [0.05, 0.1) is 0 Å². The van der Waals surface area contributed by atoms with Crippen LogP contribution < -0.4 is 5.32 Å². The molecule has 0 aliphatic rings. The summed E-state index contributed by atoms with van der Waals surface area (Å²) in [5.41, 5.74) is 4.08. The monoisotopic (exact) mass is 359 g/mol. The molecule has 1 atom stereocenters. The van der Waals surface area contributed by atoms with Gasteiger partial charge in [0.1, 0.15) is 5.75 Å². The normalized spacial score (nSPS) is 11.7. The molecule has 0 fully saturated rings. The van der Waals surface area contributed by atoms with Gasteiger partial charge in [-0.1, -0.05) is 78.4 Å². The summed E-state index contributed by atoms with van der Waals surface area (Å²) in [6.07, 6.45) is 1.11. The Morgan fingerprint density at radius 2 is 1.63 bits per heavy atom. The molecule has 3 heteroatoms. The van der Waals surface area contributed by atoms with Gasteiger partial charge in [0.2, 0.25) is 5.91 Å². The lowest BCUT2D eigenvalue weighted by molar-refractivity contribution is -0.121. The largest absolute Gasteiger partial charge is 0.508 e. The highest BCUT2D eigenvalue weighted by atomic mass is 16.3. The highest BCUT2D eigenvalue weighted by Gasteiger charge is 2.21. The van der Waals surface area contributed by atoms with Crippen molar-refractivity contribution < 1.29 is 9.90 Å². The summed E-state index contributed by atoms with van der Waals surface area (Å²) in [7, 11) is 0. The molecule has 3 aromatic rings. The molecule has 0 saturated carbocycles. The molecule has 0 aromatic heterocycles. The highest BCUT2D eigenvalue weighted by Crippen LogP contribution is 2.34. The Bertz CT molecular complexity index is 875. The summed E-state index contributed by atoms with van der Waals surface area (Å²) < 4.78 is 0. The van der Waals surface area contributed by atoms with Gasteiger partial charge in [0.15, 0.2) is 0 Å². The topological polar surface area (TPSA) is 49.3 Å². The van der Waals surface area contributed by atoms with Crippen LogP contribution in [0.2, 0.25) is 0 Å². The van der Waals surface area contributed by atoms with Crippen LogP contribution in [0.3, 0.4) is 0 Å². The number of carbonyl (C=O) groups excluding carboxylic acids is 1. The van der Waals surface area contributed by atoms with Gasteiger partial charge in [-0.2, -0.15) is 0 Å². The van der Waals surface area contributed by atoms with Crippen molar-refractivity contribution in [2.24, 2.45) is 0 Å².